The molecule has 5 nitrogen and oxygen atoms in total. The highest BCUT2D eigenvalue weighted by Crippen LogP contribution is 2.26. The van der Waals surface area contributed by atoms with Crippen LogP contribution in [0.15, 0.2) is 0 Å². The number of nitrogens with zero attached hydrogens (tertiary/aromatic N) is 1. The molecule has 1 saturated heterocycles. The number of aromatic nitrogens is 1. The van der Waals surface area contributed by atoms with E-state index >= 15 is 0 Å². The fraction of sp³-hybridized carbons (Fsp3) is 0.647. The van der Waals surface area contributed by atoms with Gasteiger partial charge in [-0.05, 0) is 45.6 Å². The number of fused-ring (bicyclic) bond motifs is 1. The second-order valence-electron chi connectivity index (χ2n) is 6.80. The number of aryl methyl sites for hydroxylation is 1. The molecule has 5 heteroatoms. The first kappa shape index (κ1) is 15.3. The standard InChI is InChI=1S/C17H25N3O2/c1-10(2)20-8-7-12(9-20)18-17(22)16-11(3)15-13(19-16)5-4-6-14(15)21/h10,12,19H,4-9H2,1-3H3,(H,18,22)/t12-/m1/s1. The van der Waals surface area contributed by atoms with Gasteiger partial charge in [-0.1, -0.05) is 0 Å². The fourth-order valence-electron chi connectivity index (χ4n) is 3.63. The zero-order chi connectivity index (χ0) is 15.9. The Balaban J connectivity index is 1.72. The number of aromatic amines is 1. The lowest BCUT2D eigenvalue weighted by molar-refractivity contribution is 0.0931. The average molecular weight is 303 g/mol. The smallest absolute Gasteiger partial charge is 0.268 e. The maximum absolute atomic E-state index is 12.6. The molecule has 1 aromatic rings. The van der Waals surface area contributed by atoms with Crippen molar-refractivity contribution in [2.75, 3.05) is 13.1 Å². The molecule has 0 saturated carbocycles. The van der Waals surface area contributed by atoms with Gasteiger partial charge in [0.1, 0.15) is 5.69 Å². The molecule has 0 bridgehead atoms. The van der Waals surface area contributed by atoms with E-state index in [2.05, 4.69) is 29.0 Å². The van der Waals surface area contributed by atoms with Crippen molar-refractivity contribution in [3.63, 3.8) is 0 Å². The monoisotopic (exact) mass is 303 g/mol. The lowest BCUT2D eigenvalue weighted by atomic mass is 9.94. The molecule has 120 valence electrons. The van der Waals surface area contributed by atoms with E-state index in [9.17, 15) is 9.59 Å². The van der Waals surface area contributed by atoms with Gasteiger partial charge in [0.2, 0.25) is 0 Å². The predicted molar refractivity (Wildman–Crippen MR) is 85.4 cm³/mol. The van der Waals surface area contributed by atoms with E-state index in [0.29, 0.717) is 18.2 Å². The molecule has 1 fully saturated rings. The van der Waals surface area contributed by atoms with Crippen molar-refractivity contribution in [3.05, 3.63) is 22.5 Å². The Labute approximate surface area is 131 Å². The number of nitrogens with one attached hydrogen (secondary N) is 2. The lowest BCUT2D eigenvalue weighted by Crippen LogP contribution is -2.38. The number of hydrogen-bond donors (Lipinski definition) is 2. The molecule has 1 aromatic heterocycles. The van der Waals surface area contributed by atoms with Crippen molar-refractivity contribution in [2.45, 2.75) is 58.5 Å². The molecule has 2 N–H and O–H groups in total. The van der Waals surface area contributed by atoms with E-state index in [1.807, 2.05) is 6.92 Å². The van der Waals surface area contributed by atoms with Gasteiger partial charge in [0.15, 0.2) is 5.78 Å². The number of likely N-dealkylation sites (tertiary alicyclic amines) is 1. The van der Waals surface area contributed by atoms with Gasteiger partial charge in [0, 0.05) is 42.9 Å². The van der Waals surface area contributed by atoms with Crippen molar-refractivity contribution in [1.29, 1.82) is 0 Å². The van der Waals surface area contributed by atoms with Crippen LogP contribution in [0.5, 0.6) is 0 Å². The van der Waals surface area contributed by atoms with Crippen LogP contribution in [0.1, 0.15) is 65.2 Å². The number of ketones is 1. The Hall–Kier alpha value is -1.62. The second kappa shape index (κ2) is 5.88. The Morgan fingerprint density at radius 1 is 1.36 bits per heavy atom. The number of carbonyl (C=O) groups is 2. The van der Waals surface area contributed by atoms with Gasteiger partial charge in [0.25, 0.3) is 5.91 Å². The average Bonchev–Trinajstić information content (AvgIpc) is 3.05. The minimum Gasteiger partial charge on any atom is -0.354 e. The molecule has 0 spiro atoms. The molecular weight excluding hydrogens is 278 g/mol. The summed E-state index contributed by atoms with van der Waals surface area (Å²) in [4.78, 5) is 30.2. The van der Waals surface area contributed by atoms with E-state index in [-0.39, 0.29) is 17.7 Å². The predicted octanol–water partition coefficient (Wildman–Crippen LogP) is 2.05. The summed E-state index contributed by atoms with van der Waals surface area (Å²) in [5, 5.41) is 3.12. The van der Waals surface area contributed by atoms with E-state index in [1.54, 1.807) is 0 Å². The highest BCUT2D eigenvalue weighted by atomic mass is 16.2. The molecule has 2 heterocycles. The van der Waals surface area contributed by atoms with E-state index < -0.39 is 0 Å². The van der Waals surface area contributed by atoms with Gasteiger partial charge in [-0.3, -0.25) is 14.5 Å². The van der Waals surface area contributed by atoms with Gasteiger partial charge >= 0.3 is 0 Å². The fourth-order valence-corrected chi connectivity index (χ4v) is 3.63. The normalized spacial score (nSPS) is 22.2. The molecule has 0 unspecified atom stereocenters. The van der Waals surface area contributed by atoms with Crippen LogP contribution in [0.25, 0.3) is 0 Å². The van der Waals surface area contributed by atoms with Crippen LogP contribution < -0.4 is 5.32 Å². The Morgan fingerprint density at radius 2 is 2.14 bits per heavy atom. The van der Waals surface area contributed by atoms with Crippen LogP contribution in [0.3, 0.4) is 0 Å². The van der Waals surface area contributed by atoms with Crippen molar-refractivity contribution < 1.29 is 9.59 Å². The summed E-state index contributed by atoms with van der Waals surface area (Å²) >= 11 is 0. The third kappa shape index (κ3) is 2.70. The minimum absolute atomic E-state index is 0.0738. The topological polar surface area (TPSA) is 65.2 Å². The molecule has 0 aromatic carbocycles. The lowest BCUT2D eigenvalue weighted by Gasteiger charge is -2.20. The zero-order valence-corrected chi connectivity index (χ0v) is 13.7. The summed E-state index contributed by atoms with van der Waals surface area (Å²) in [5.74, 6) is 0.0937. The molecule has 1 atom stereocenters. The zero-order valence-electron chi connectivity index (χ0n) is 13.7. The molecule has 1 amide bonds. The molecule has 1 aliphatic heterocycles. The molecule has 0 radical (unpaired) electrons. The third-order valence-electron chi connectivity index (χ3n) is 4.95. The number of H-pyrrole nitrogens is 1. The molecule has 3 rings (SSSR count). The Bertz CT molecular complexity index is 603. The second-order valence-corrected chi connectivity index (χ2v) is 6.80. The highest BCUT2D eigenvalue weighted by molar-refractivity contribution is 6.04. The summed E-state index contributed by atoms with van der Waals surface area (Å²) in [6, 6.07) is 0.712. The largest absolute Gasteiger partial charge is 0.354 e. The molecular formula is C17H25N3O2. The summed E-state index contributed by atoms with van der Waals surface area (Å²) in [6.07, 6.45) is 3.32. The first-order valence-electron chi connectivity index (χ1n) is 8.27. The van der Waals surface area contributed by atoms with Gasteiger partial charge < -0.3 is 10.3 Å². The number of amides is 1. The summed E-state index contributed by atoms with van der Waals surface area (Å²) in [7, 11) is 0. The molecule has 1 aliphatic carbocycles. The van der Waals surface area contributed by atoms with Gasteiger partial charge in [0.05, 0.1) is 0 Å². The first-order valence-corrected chi connectivity index (χ1v) is 8.27. The van der Waals surface area contributed by atoms with Crippen LogP contribution in [-0.4, -0.2) is 46.7 Å². The Kier molecular flexibility index (Phi) is 4.08. The van der Waals surface area contributed by atoms with Crippen LogP contribution in [-0.2, 0) is 6.42 Å². The van der Waals surface area contributed by atoms with Crippen molar-refractivity contribution in [3.8, 4) is 0 Å². The minimum atomic E-state index is -0.0738. The van der Waals surface area contributed by atoms with Crippen LogP contribution in [0.2, 0.25) is 0 Å². The maximum Gasteiger partial charge on any atom is 0.268 e. The highest BCUT2D eigenvalue weighted by Gasteiger charge is 2.29. The van der Waals surface area contributed by atoms with E-state index in [1.165, 1.54) is 0 Å². The van der Waals surface area contributed by atoms with Gasteiger partial charge in [-0.15, -0.1) is 0 Å². The van der Waals surface area contributed by atoms with Crippen LogP contribution >= 0.6 is 0 Å². The van der Waals surface area contributed by atoms with Crippen molar-refractivity contribution in [2.24, 2.45) is 0 Å². The summed E-state index contributed by atoms with van der Waals surface area (Å²) in [5.41, 5.74) is 3.08. The first-order chi connectivity index (χ1) is 10.5. The number of hydrogen-bond acceptors (Lipinski definition) is 3. The summed E-state index contributed by atoms with van der Waals surface area (Å²) < 4.78 is 0. The van der Waals surface area contributed by atoms with Gasteiger partial charge in [-0.2, -0.15) is 0 Å². The van der Waals surface area contributed by atoms with Gasteiger partial charge in [-0.25, -0.2) is 0 Å². The molecule has 22 heavy (non-hydrogen) atoms. The SMILES string of the molecule is Cc1c(C(=O)N[C@@H]2CCN(C(C)C)C2)[nH]c2c1C(=O)CCC2. The quantitative estimate of drug-likeness (QED) is 0.898. The van der Waals surface area contributed by atoms with E-state index in [0.717, 1.165) is 49.2 Å². The van der Waals surface area contributed by atoms with Crippen molar-refractivity contribution >= 4 is 11.7 Å². The van der Waals surface area contributed by atoms with Crippen LogP contribution in [0.4, 0.5) is 0 Å². The molecule has 2 aliphatic rings. The maximum atomic E-state index is 12.6. The van der Waals surface area contributed by atoms with Crippen LogP contribution in [0, 0.1) is 6.92 Å². The third-order valence-corrected chi connectivity index (χ3v) is 4.95. The number of carbonyl (C=O) groups excluding carboxylic acids is 2. The number of rotatable bonds is 3. The van der Waals surface area contributed by atoms with E-state index in [4.69, 9.17) is 0 Å². The van der Waals surface area contributed by atoms with Crippen molar-refractivity contribution in [1.82, 2.24) is 15.2 Å². The number of Topliss-reactive ketones (excluding diaryl/α,β-unsaturated/α-hetero) is 1. The Morgan fingerprint density at radius 3 is 2.77 bits per heavy atom. The summed E-state index contributed by atoms with van der Waals surface area (Å²) in [6.45, 7) is 8.17.